The summed E-state index contributed by atoms with van der Waals surface area (Å²) in [5.41, 5.74) is 0. The second kappa shape index (κ2) is 13.5. The summed E-state index contributed by atoms with van der Waals surface area (Å²) in [6, 6.07) is 0. The van der Waals surface area contributed by atoms with E-state index < -0.39 is 0 Å². The summed E-state index contributed by atoms with van der Waals surface area (Å²) >= 11 is 3.45. The Kier molecular flexibility index (Phi) is 13.8. The molecular formula is C13H27BrO2. The number of hydrogen-bond donors (Lipinski definition) is 0. The SMILES string of the molecule is CCOC(CCCCCCCCBr)OCC. The van der Waals surface area contributed by atoms with E-state index in [2.05, 4.69) is 15.9 Å². The zero-order valence-corrected chi connectivity index (χ0v) is 12.4. The van der Waals surface area contributed by atoms with Crippen LogP contribution in [-0.2, 0) is 9.47 Å². The minimum atomic E-state index is 0.0255. The highest BCUT2D eigenvalue weighted by Gasteiger charge is 2.06. The third-order valence-electron chi connectivity index (χ3n) is 2.53. The third-order valence-corrected chi connectivity index (χ3v) is 3.09. The van der Waals surface area contributed by atoms with Gasteiger partial charge in [-0.3, -0.25) is 0 Å². The fraction of sp³-hybridized carbons (Fsp3) is 1.00. The van der Waals surface area contributed by atoms with E-state index in [-0.39, 0.29) is 6.29 Å². The maximum Gasteiger partial charge on any atom is 0.157 e. The summed E-state index contributed by atoms with van der Waals surface area (Å²) in [5.74, 6) is 0. The van der Waals surface area contributed by atoms with Crippen LogP contribution < -0.4 is 0 Å². The second-order valence-corrected chi connectivity index (χ2v) is 4.73. The van der Waals surface area contributed by atoms with Crippen molar-refractivity contribution in [2.75, 3.05) is 18.5 Å². The van der Waals surface area contributed by atoms with Crippen LogP contribution in [0.25, 0.3) is 0 Å². The Morgan fingerprint density at radius 3 is 1.81 bits per heavy atom. The van der Waals surface area contributed by atoms with Crippen molar-refractivity contribution < 1.29 is 9.47 Å². The van der Waals surface area contributed by atoms with Gasteiger partial charge in [0.15, 0.2) is 6.29 Å². The van der Waals surface area contributed by atoms with Gasteiger partial charge < -0.3 is 9.47 Å². The van der Waals surface area contributed by atoms with E-state index in [1.807, 2.05) is 13.8 Å². The number of hydrogen-bond acceptors (Lipinski definition) is 2. The Morgan fingerprint density at radius 2 is 1.31 bits per heavy atom. The summed E-state index contributed by atoms with van der Waals surface area (Å²) < 4.78 is 11.0. The minimum absolute atomic E-state index is 0.0255. The standard InChI is InChI=1S/C13H27BrO2/c1-3-15-13(16-4-2)11-9-7-5-6-8-10-12-14/h13H,3-12H2,1-2H3. The average molecular weight is 295 g/mol. The number of unbranched alkanes of at least 4 members (excludes halogenated alkanes) is 5. The molecule has 0 aliphatic heterocycles. The van der Waals surface area contributed by atoms with Gasteiger partial charge in [-0.2, -0.15) is 0 Å². The lowest BCUT2D eigenvalue weighted by molar-refractivity contribution is -0.140. The summed E-state index contributed by atoms with van der Waals surface area (Å²) in [4.78, 5) is 0. The van der Waals surface area contributed by atoms with Crippen molar-refractivity contribution in [2.24, 2.45) is 0 Å². The lowest BCUT2D eigenvalue weighted by atomic mass is 10.1. The molecule has 0 aromatic carbocycles. The van der Waals surface area contributed by atoms with Gasteiger partial charge in [0, 0.05) is 18.5 Å². The van der Waals surface area contributed by atoms with Gasteiger partial charge in [-0.15, -0.1) is 0 Å². The summed E-state index contributed by atoms with van der Waals surface area (Å²) in [6.45, 7) is 5.53. The molecule has 0 unspecified atom stereocenters. The van der Waals surface area contributed by atoms with Crippen LogP contribution in [0.3, 0.4) is 0 Å². The Labute approximate surface area is 109 Å². The molecule has 0 amide bonds. The fourth-order valence-corrected chi connectivity index (χ4v) is 2.10. The van der Waals surface area contributed by atoms with E-state index in [1.54, 1.807) is 0 Å². The average Bonchev–Trinajstić information content (AvgIpc) is 2.28. The van der Waals surface area contributed by atoms with E-state index in [9.17, 15) is 0 Å². The molecule has 16 heavy (non-hydrogen) atoms. The molecule has 0 saturated heterocycles. The lowest BCUT2D eigenvalue weighted by Gasteiger charge is -2.16. The highest BCUT2D eigenvalue weighted by molar-refractivity contribution is 9.09. The maximum absolute atomic E-state index is 5.50. The Hall–Kier alpha value is 0.400. The van der Waals surface area contributed by atoms with Crippen LogP contribution in [0, 0.1) is 0 Å². The van der Waals surface area contributed by atoms with Gasteiger partial charge in [-0.05, 0) is 33.1 Å². The normalized spacial score (nSPS) is 11.2. The molecule has 0 aliphatic carbocycles. The molecule has 0 aliphatic rings. The minimum Gasteiger partial charge on any atom is -0.353 e. The summed E-state index contributed by atoms with van der Waals surface area (Å²) in [6.07, 6.45) is 8.96. The molecule has 0 spiro atoms. The molecule has 98 valence electrons. The van der Waals surface area contributed by atoms with Crippen LogP contribution >= 0.6 is 15.9 Å². The van der Waals surface area contributed by atoms with Crippen LogP contribution in [0.15, 0.2) is 0 Å². The van der Waals surface area contributed by atoms with Crippen molar-refractivity contribution in [3.63, 3.8) is 0 Å². The topological polar surface area (TPSA) is 18.5 Å². The predicted octanol–water partition coefficient (Wildman–Crippen LogP) is 4.51. The molecule has 0 N–H and O–H groups in total. The first kappa shape index (κ1) is 16.4. The van der Waals surface area contributed by atoms with Crippen LogP contribution in [0.4, 0.5) is 0 Å². The smallest absolute Gasteiger partial charge is 0.157 e. The van der Waals surface area contributed by atoms with Gasteiger partial charge in [0.2, 0.25) is 0 Å². The van der Waals surface area contributed by atoms with Crippen LogP contribution in [0.1, 0.15) is 58.8 Å². The van der Waals surface area contributed by atoms with Crippen LogP contribution in [-0.4, -0.2) is 24.8 Å². The first-order valence-electron chi connectivity index (χ1n) is 6.64. The van der Waals surface area contributed by atoms with Gasteiger partial charge >= 0.3 is 0 Å². The van der Waals surface area contributed by atoms with Gasteiger partial charge in [0.25, 0.3) is 0 Å². The molecule has 3 heteroatoms. The van der Waals surface area contributed by atoms with Gasteiger partial charge in [0.05, 0.1) is 0 Å². The predicted molar refractivity (Wildman–Crippen MR) is 73.2 cm³/mol. The molecule has 0 aromatic rings. The quantitative estimate of drug-likeness (QED) is 0.299. The van der Waals surface area contributed by atoms with Crippen LogP contribution in [0.5, 0.6) is 0 Å². The van der Waals surface area contributed by atoms with E-state index >= 15 is 0 Å². The molecule has 0 saturated carbocycles. The highest BCUT2D eigenvalue weighted by Crippen LogP contribution is 2.11. The fourth-order valence-electron chi connectivity index (χ4n) is 1.70. The number of rotatable bonds is 12. The summed E-state index contributed by atoms with van der Waals surface area (Å²) in [5, 5.41) is 1.14. The maximum atomic E-state index is 5.50. The number of ether oxygens (including phenoxy) is 2. The molecule has 0 atom stereocenters. The first-order valence-corrected chi connectivity index (χ1v) is 7.76. The lowest BCUT2D eigenvalue weighted by Crippen LogP contribution is -2.17. The van der Waals surface area contributed by atoms with Gasteiger partial charge in [-0.1, -0.05) is 41.6 Å². The zero-order valence-electron chi connectivity index (χ0n) is 10.8. The van der Waals surface area contributed by atoms with Gasteiger partial charge in [0.1, 0.15) is 0 Å². The molecule has 2 nitrogen and oxygen atoms in total. The molecular weight excluding hydrogens is 268 g/mol. The zero-order chi connectivity index (χ0) is 12.1. The third kappa shape index (κ3) is 10.9. The second-order valence-electron chi connectivity index (χ2n) is 3.94. The Morgan fingerprint density at radius 1 is 0.812 bits per heavy atom. The van der Waals surface area contributed by atoms with E-state index in [0.717, 1.165) is 25.0 Å². The molecule has 0 fully saturated rings. The van der Waals surface area contributed by atoms with Crippen molar-refractivity contribution >= 4 is 15.9 Å². The number of halogens is 1. The Bertz CT molecular complexity index is 125. The molecule has 0 rings (SSSR count). The Balaban J connectivity index is 3.25. The largest absolute Gasteiger partial charge is 0.353 e. The highest BCUT2D eigenvalue weighted by atomic mass is 79.9. The monoisotopic (exact) mass is 294 g/mol. The molecule has 0 aromatic heterocycles. The van der Waals surface area contributed by atoms with E-state index in [1.165, 1.54) is 38.5 Å². The molecule has 0 bridgehead atoms. The van der Waals surface area contributed by atoms with Crippen molar-refractivity contribution in [2.45, 2.75) is 65.1 Å². The summed E-state index contributed by atoms with van der Waals surface area (Å²) in [7, 11) is 0. The van der Waals surface area contributed by atoms with Crippen molar-refractivity contribution in [1.29, 1.82) is 0 Å². The first-order chi connectivity index (χ1) is 7.85. The number of alkyl halides is 1. The van der Waals surface area contributed by atoms with Crippen molar-refractivity contribution in [3.8, 4) is 0 Å². The van der Waals surface area contributed by atoms with Crippen molar-refractivity contribution in [3.05, 3.63) is 0 Å². The van der Waals surface area contributed by atoms with Gasteiger partial charge in [-0.25, -0.2) is 0 Å². The van der Waals surface area contributed by atoms with Crippen molar-refractivity contribution in [1.82, 2.24) is 0 Å². The van der Waals surface area contributed by atoms with E-state index in [0.29, 0.717) is 0 Å². The van der Waals surface area contributed by atoms with E-state index in [4.69, 9.17) is 9.47 Å². The molecule has 0 heterocycles. The van der Waals surface area contributed by atoms with Crippen LogP contribution in [0.2, 0.25) is 0 Å². The molecule has 0 radical (unpaired) electrons.